The van der Waals surface area contributed by atoms with Crippen molar-refractivity contribution in [2.75, 3.05) is 5.32 Å². The van der Waals surface area contributed by atoms with Crippen LogP contribution in [-0.2, 0) is 0 Å². The smallest absolute Gasteiger partial charge is 0.138 e. The maximum absolute atomic E-state index is 5.98. The zero-order valence-corrected chi connectivity index (χ0v) is 11.7. The van der Waals surface area contributed by atoms with E-state index in [1.54, 1.807) is 0 Å². The van der Waals surface area contributed by atoms with Crippen LogP contribution in [-0.4, -0.2) is 0 Å². The van der Waals surface area contributed by atoms with Gasteiger partial charge in [0.1, 0.15) is 11.2 Å². The number of para-hydroxylation sites is 1. The molecule has 100 valence electrons. The van der Waals surface area contributed by atoms with Crippen molar-refractivity contribution < 1.29 is 4.42 Å². The molecule has 20 heavy (non-hydrogen) atoms. The Kier molecular flexibility index (Phi) is 3.07. The minimum atomic E-state index is 0.863. The summed E-state index contributed by atoms with van der Waals surface area (Å²) < 4.78 is 5.98. The SMILES string of the molecule is C=C(/C=C\C)Nc1cccc2oc3c(C)cccc3c12. The number of furan rings is 1. The van der Waals surface area contributed by atoms with Gasteiger partial charge in [-0.05, 0) is 37.6 Å². The van der Waals surface area contributed by atoms with E-state index in [0.29, 0.717) is 0 Å². The second-order valence-electron chi connectivity index (χ2n) is 4.88. The van der Waals surface area contributed by atoms with E-state index >= 15 is 0 Å². The maximum Gasteiger partial charge on any atom is 0.138 e. The van der Waals surface area contributed by atoms with Gasteiger partial charge in [-0.2, -0.15) is 0 Å². The zero-order valence-electron chi connectivity index (χ0n) is 11.7. The van der Waals surface area contributed by atoms with Crippen molar-refractivity contribution in [3.05, 3.63) is 66.4 Å². The van der Waals surface area contributed by atoms with Crippen LogP contribution >= 0.6 is 0 Å². The molecule has 0 fully saturated rings. The minimum absolute atomic E-state index is 0.863. The van der Waals surface area contributed by atoms with Gasteiger partial charge in [0.05, 0.1) is 11.1 Å². The van der Waals surface area contributed by atoms with Crippen LogP contribution in [0.25, 0.3) is 21.9 Å². The molecule has 0 atom stereocenters. The van der Waals surface area contributed by atoms with Gasteiger partial charge in [0.2, 0.25) is 0 Å². The highest BCUT2D eigenvalue weighted by atomic mass is 16.3. The molecule has 1 N–H and O–H groups in total. The first-order valence-corrected chi connectivity index (χ1v) is 6.70. The summed E-state index contributed by atoms with van der Waals surface area (Å²) in [5, 5.41) is 5.59. The fourth-order valence-electron chi connectivity index (χ4n) is 2.51. The molecule has 1 aromatic heterocycles. The predicted molar refractivity (Wildman–Crippen MR) is 86.0 cm³/mol. The monoisotopic (exact) mass is 263 g/mol. The fourth-order valence-corrected chi connectivity index (χ4v) is 2.51. The number of nitrogens with one attached hydrogen (secondary N) is 1. The zero-order chi connectivity index (χ0) is 14.1. The second-order valence-corrected chi connectivity index (χ2v) is 4.88. The highest BCUT2D eigenvalue weighted by molar-refractivity contribution is 6.12. The Morgan fingerprint density at radius 1 is 1.20 bits per heavy atom. The average Bonchev–Trinajstić information content (AvgIpc) is 2.80. The quantitative estimate of drug-likeness (QED) is 0.640. The Balaban J connectivity index is 2.25. The summed E-state index contributed by atoms with van der Waals surface area (Å²) in [6.45, 7) is 8.04. The van der Waals surface area contributed by atoms with Gasteiger partial charge in [0.15, 0.2) is 0 Å². The summed E-state index contributed by atoms with van der Waals surface area (Å²) in [6.07, 6.45) is 3.92. The van der Waals surface area contributed by atoms with Gasteiger partial charge < -0.3 is 9.73 Å². The van der Waals surface area contributed by atoms with Crippen LogP contribution in [0.1, 0.15) is 12.5 Å². The fraction of sp³-hybridized carbons (Fsp3) is 0.111. The van der Waals surface area contributed by atoms with Crippen LogP contribution < -0.4 is 5.32 Å². The van der Waals surface area contributed by atoms with Crippen LogP contribution in [0, 0.1) is 6.92 Å². The number of rotatable bonds is 3. The number of benzene rings is 2. The van der Waals surface area contributed by atoms with Gasteiger partial charge in [-0.25, -0.2) is 0 Å². The van der Waals surface area contributed by atoms with E-state index in [4.69, 9.17) is 4.42 Å². The molecule has 2 heteroatoms. The number of hydrogen-bond acceptors (Lipinski definition) is 2. The molecule has 3 aromatic rings. The second kappa shape index (κ2) is 4.89. The lowest BCUT2D eigenvalue weighted by molar-refractivity contribution is 0.666. The summed E-state index contributed by atoms with van der Waals surface area (Å²) >= 11 is 0. The van der Waals surface area contributed by atoms with Gasteiger partial charge in [-0.1, -0.05) is 36.9 Å². The molecule has 1 heterocycles. The lowest BCUT2D eigenvalue weighted by Crippen LogP contribution is -1.95. The predicted octanol–water partition coefficient (Wildman–Crippen LogP) is 5.40. The van der Waals surface area contributed by atoms with Crippen molar-refractivity contribution in [3.63, 3.8) is 0 Å². The summed E-state index contributed by atoms with van der Waals surface area (Å²) in [7, 11) is 0. The lowest BCUT2D eigenvalue weighted by atomic mass is 10.1. The number of hydrogen-bond donors (Lipinski definition) is 1. The largest absolute Gasteiger partial charge is 0.456 e. The van der Waals surface area contributed by atoms with E-state index in [1.807, 2.05) is 37.3 Å². The van der Waals surface area contributed by atoms with E-state index < -0.39 is 0 Å². The maximum atomic E-state index is 5.98. The molecular formula is C18H17NO. The van der Waals surface area contributed by atoms with Crippen molar-refractivity contribution in [1.82, 2.24) is 0 Å². The summed E-state index contributed by atoms with van der Waals surface area (Å²) in [4.78, 5) is 0. The molecule has 2 aromatic carbocycles. The van der Waals surface area contributed by atoms with Crippen molar-refractivity contribution >= 4 is 27.6 Å². The molecule has 0 saturated heterocycles. The number of fused-ring (bicyclic) bond motifs is 3. The third kappa shape index (κ3) is 1.99. The number of anilines is 1. The first-order chi connectivity index (χ1) is 9.70. The van der Waals surface area contributed by atoms with Crippen LogP contribution in [0.4, 0.5) is 5.69 Å². The third-order valence-corrected chi connectivity index (χ3v) is 3.38. The standard InChI is InChI=1S/C18H17NO/c1-4-7-13(3)19-15-10-6-11-16-17(15)14-9-5-8-12(2)18(14)20-16/h4-11,19H,3H2,1-2H3/b7-4-. The molecule has 0 amide bonds. The van der Waals surface area contributed by atoms with Gasteiger partial charge in [-0.15, -0.1) is 0 Å². The van der Waals surface area contributed by atoms with Gasteiger partial charge in [-0.3, -0.25) is 0 Å². The summed E-state index contributed by atoms with van der Waals surface area (Å²) in [5.74, 6) is 0. The van der Waals surface area contributed by atoms with Crippen molar-refractivity contribution in [2.24, 2.45) is 0 Å². The normalized spacial score (nSPS) is 11.5. The van der Waals surface area contributed by atoms with Crippen LogP contribution in [0.2, 0.25) is 0 Å². The first-order valence-electron chi connectivity index (χ1n) is 6.70. The van der Waals surface area contributed by atoms with Gasteiger partial charge in [0, 0.05) is 11.1 Å². The van der Waals surface area contributed by atoms with Crippen molar-refractivity contribution in [3.8, 4) is 0 Å². The van der Waals surface area contributed by atoms with Crippen LogP contribution in [0.5, 0.6) is 0 Å². The van der Waals surface area contributed by atoms with E-state index in [1.165, 1.54) is 0 Å². The van der Waals surface area contributed by atoms with E-state index in [0.717, 1.165) is 38.9 Å². The van der Waals surface area contributed by atoms with Gasteiger partial charge in [0.25, 0.3) is 0 Å². The molecule has 0 radical (unpaired) electrons. The highest BCUT2D eigenvalue weighted by Gasteiger charge is 2.12. The topological polar surface area (TPSA) is 25.2 Å². The lowest BCUT2D eigenvalue weighted by Gasteiger charge is -2.07. The van der Waals surface area contributed by atoms with Crippen LogP contribution in [0.3, 0.4) is 0 Å². The van der Waals surface area contributed by atoms with Crippen LogP contribution in [0.15, 0.2) is 65.2 Å². The molecule has 0 spiro atoms. The van der Waals surface area contributed by atoms with E-state index in [-0.39, 0.29) is 0 Å². The van der Waals surface area contributed by atoms with E-state index in [2.05, 4.69) is 37.0 Å². The molecule has 2 nitrogen and oxygen atoms in total. The molecular weight excluding hydrogens is 246 g/mol. The molecule has 0 unspecified atom stereocenters. The number of allylic oxidation sites excluding steroid dienone is 2. The first kappa shape index (κ1) is 12.5. The average molecular weight is 263 g/mol. The highest BCUT2D eigenvalue weighted by Crippen LogP contribution is 2.35. The van der Waals surface area contributed by atoms with Crippen molar-refractivity contribution in [2.45, 2.75) is 13.8 Å². The van der Waals surface area contributed by atoms with Gasteiger partial charge >= 0.3 is 0 Å². The molecule has 0 bridgehead atoms. The molecule has 0 saturated carbocycles. The van der Waals surface area contributed by atoms with E-state index in [9.17, 15) is 0 Å². The molecule has 0 aliphatic rings. The van der Waals surface area contributed by atoms with Crippen molar-refractivity contribution in [1.29, 1.82) is 0 Å². The molecule has 0 aliphatic carbocycles. The Morgan fingerprint density at radius 3 is 2.80 bits per heavy atom. The summed E-state index contributed by atoms with van der Waals surface area (Å²) in [5.41, 5.74) is 4.88. The number of aryl methyl sites for hydroxylation is 1. The Bertz CT molecular complexity index is 824. The Labute approximate surface area is 118 Å². The molecule has 0 aliphatic heterocycles. The summed E-state index contributed by atoms with van der Waals surface area (Å²) in [6, 6.07) is 12.3. The minimum Gasteiger partial charge on any atom is -0.456 e. The Morgan fingerprint density at radius 2 is 2.00 bits per heavy atom. The Hall–Kier alpha value is -2.48. The third-order valence-electron chi connectivity index (χ3n) is 3.38. The molecule has 3 rings (SSSR count).